The molecular weight excluding hydrogens is 521 g/mol. The third-order valence-corrected chi connectivity index (χ3v) is 0. The summed E-state index contributed by atoms with van der Waals surface area (Å²) in [6.07, 6.45) is 0. The molecule has 0 aromatic heterocycles. The van der Waals surface area contributed by atoms with Crippen LogP contribution in [-0.4, -0.2) is 0 Å². The Hall–Kier alpha value is 2.15. The number of hydrogen-bond acceptors (Lipinski definition) is 0. The van der Waals surface area contributed by atoms with Gasteiger partial charge in [-0.3, -0.25) is 0 Å². The molecule has 3 heteroatoms. The number of hydrogen-bond donors (Lipinski definition) is 0. The maximum absolute atomic E-state index is 2.41. The summed E-state index contributed by atoms with van der Waals surface area (Å²) >= 11 is -2.12. The fourth-order valence-electron chi connectivity index (χ4n) is 0. The molecule has 0 spiro atoms. The predicted molar refractivity (Wildman–Crippen MR) is 66.0 cm³/mol. The molecule has 0 unspecified atom stereocenters. The van der Waals surface area contributed by atoms with Crippen molar-refractivity contribution >= 4 is 48.0 Å². The normalized spacial score (nSPS) is 18.0. The van der Waals surface area contributed by atoms with Gasteiger partial charge in [0.15, 0.2) is 0 Å². The topological polar surface area (TPSA) is 0 Å². The summed E-state index contributed by atoms with van der Waals surface area (Å²) in [5, 5.41) is 14.5. The Morgan fingerprint density at radius 1 is 0.556 bits per heavy atom. The zero-order chi connectivity index (χ0) is 6.41. The predicted octanol–water partition coefficient (Wildman–Crippen LogP) is 4.74. The summed E-state index contributed by atoms with van der Waals surface area (Å²) in [6.45, 7) is 0. The average molecular weight is 541 g/mol. The molecule has 0 aromatic carbocycles. The Bertz CT molecular complexity index is 69.6. The molecule has 0 atom stereocenters. The van der Waals surface area contributed by atoms with Gasteiger partial charge in [0, 0.05) is 0 Å². The molecule has 0 aliphatic heterocycles. The summed E-state index contributed by atoms with van der Waals surface area (Å²) < 4.78 is 0. The van der Waals surface area contributed by atoms with E-state index in [1.807, 2.05) is 0 Å². The maximum atomic E-state index is 2.41. The van der Waals surface area contributed by atoms with E-state index in [4.69, 9.17) is 0 Å². The third-order valence-electron chi connectivity index (χ3n) is 0. The first kappa shape index (κ1) is 17.3. The molecule has 0 aliphatic carbocycles. The van der Waals surface area contributed by atoms with Crippen molar-refractivity contribution < 1.29 is 13.6 Å². The molecule has 0 nitrogen and oxygen atoms in total. The Morgan fingerprint density at radius 3 is 0.556 bits per heavy atom. The summed E-state index contributed by atoms with van der Waals surface area (Å²) in [6, 6.07) is 0. The fourth-order valence-corrected chi connectivity index (χ4v) is 0. The van der Waals surface area contributed by atoms with E-state index in [2.05, 4.69) is 31.9 Å². The summed E-state index contributed by atoms with van der Waals surface area (Å²) in [5.41, 5.74) is 0. The van der Waals surface area contributed by atoms with Crippen LogP contribution >= 0.6 is 48.0 Å². The monoisotopic (exact) mass is 541 g/mol. The standard InChI is InChI=1S/6CH3.2HI.Pt/h6*1H3;2*1H;. The van der Waals surface area contributed by atoms with Crippen molar-refractivity contribution in [3.63, 3.8) is 0 Å². The van der Waals surface area contributed by atoms with Crippen molar-refractivity contribution in [1.29, 1.82) is 0 Å². The molecule has 0 amide bonds. The first-order chi connectivity index (χ1) is 2.45. The van der Waals surface area contributed by atoms with Gasteiger partial charge in [-0.15, -0.1) is 48.0 Å². The summed E-state index contributed by atoms with van der Waals surface area (Å²) in [4.78, 5) is 0. The molecular formula is C6H20I2Pt. The summed E-state index contributed by atoms with van der Waals surface area (Å²) in [5.74, 6) is 0. The Balaban J connectivity index is -0.000000180. The second kappa shape index (κ2) is 2.89. The van der Waals surface area contributed by atoms with Crippen LogP contribution in [0.25, 0.3) is 0 Å². The van der Waals surface area contributed by atoms with E-state index in [-0.39, 0.29) is 48.0 Å². The van der Waals surface area contributed by atoms with E-state index in [0.29, 0.717) is 0 Å². The molecule has 0 saturated carbocycles. The van der Waals surface area contributed by atoms with E-state index < -0.39 is 13.6 Å². The van der Waals surface area contributed by atoms with E-state index in [1.54, 1.807) is 0 Å². The molecule has 0 aliphatic rings. The van der Waals surface area contributed by atoms with Crippen LogP contribution in [0, 0.1) is 0 Å². The van der Waals surface area contributed by atoms with Crippen molar-refractivity contribution in [3.8, 4) is 0 Å². The van der Waals surface area contributed by atoms with E-state index in [0.717, 1.165) is 0 Å². The molecule has 68 valence electrons. The number of rotatable bonds is 0. The van der Waals surface area contributed by atoms with E-state index >= 15 is 0 Å². The van der Waals surface area contributed by atoms with Crippen LogP contribution in [0.2, 0.25) is 31.9 Å². The van der Waals surface area contributed by atoms with Crippen LogP contribution in [-0.2, 0) is 13.6 Å². The Kier molecular flexibility index (Phi) is 5.55. The second-order valence-electron chi connectivity index (χ2n) is 4.74. The molecule has 0 aromatic rings. The van der Waals surface area contributed by atoms with Gasteiger partial charge in [0.05, 0.1) is 0 Å². The Morgan fingerprint density at radius 2 is 0.556 bits per heavy atom. The van der Waals surface area contributed by atoms with Gasteiger partial charge in [-0.1, -0.05) is 0 Å². The third kappa shape index (κ3) is 146. The van der Waals surface area contributed by atoms with Crippen molar-refractivity contribution in [2.75, 3.05) is 0 Å². The van der Waals surface area contributed by atoms with Gasteiger partial charge in [-0.05, 0) is 0 Å². The SMILES string of the molecule is I.I.[CH3][Pt]([CH3])([CH3])([CH3])([CH3])[CH3]. The van der Waals surface area contributed by atoms with Crippen LogP contribution in [0.15, 0.2) is 0 Å². The molecule has 0 rings (SSSR count). The van der Waals surface area contributed by atoms with Gasteiger partial charge in [0.1, 0.15) is 0 Å². The van der Waals surface area contributed by atoms with Gasteiger partial charge in [0.2, 0.25) is 0 Å². The molecule has 0 heterocycles. The first-order valence-corrected chi connectivity index (χ1v) is 15.5. The average Bonchev–Trinajstić information content (AvgIpc) is 0.592. The van der Waals surface area contributed by atoms with Crippen molar-refractivity contribution in [2.45, 2.75) is 31.9 Å². The second-order valence-corrected chi connectivity index (χ2v) is 38.8. The van der Waals surface area contributed by atoms with Crippen LogP contribution < -0.4 is 0 Å². The van der Waals surface area contributed by atoms with Gasteiger partial charge in [-0.2, -0.15) is 0 Å². The molecule has 9 heavy (non-hydrogen) atoms. The van der Waals surface area contributed by atoms with Gasteiger partial charge in [-0.25, -0.2) is 0 Å². The molecule has 0 N–H and O–H groups in total. The van der Waals surface area contributed by atoms with Crippen molar-refractivity contribution in [3.05, 3.63) is 0 Å². The van der Waals surface area contributed by atoms with Gasteiger partial charge >= 0.3 is 45.4 Å². The first-order valence-electron chi connectivity index (χ1n) is 1.90. The van der Waals surface area contributed by atoms with Crippen LogP contribution in [0.5, 0.6) is 0 Å². The number of halogens is 2. The molecule has 0 radical (unpaired) electrons. The molecule has 0 saturated heterocycles. The summed E-state index contributed by atoms with van der Waals surface area (Å²) in [7, 11) is 0. The van der Waals surface area contributed by atoms with E-state index in [1.165, 1.54) is 0 Å². The zero-order valence-corrected chi connectivity index (χ0v) is 14.1. The minimum atomic E-state index is -2.12. The van der Waals surface area contributed by atoms with E-state index in [9.17, 15) is 0 Å². The fraction of sp³-hybridized carbons (Fsp3) is 1.00. The molecule has 0 fully saturated rings. The van der Waals surface area contributed by atoms with Crippen LogP contribution in [0.3, 0.4) is 0 Å². The van der Waals surface area contributed by atoms with Gasteiger partial charge < -0.3 is 0 Å². The minimum absolute atomic E-state index is 0. The Labute approximate surface area is 92.1 Å². The quantitative estimate of drug-likeness (QED) is 0.390. The van der Waals surface area contributed by atoms with Gasteiger partial charge in [0.25, 0.3) is 0 Å². The van der Waals surface area contributed by atoms with Crippen LogP contribution in [0.4, 0.5) is 0 Å². The molecule has 0 bridgehead atoms. The van der Waals surface area contributed by atoms with Crippen molar-refractivity contribution in [1.82, 2.24) is 0 Å². The van der Waals surface area contributed by atoms with Crippen molar-refractivity contribution in [2.24, 2.45) is 0 Å². The zero-order valence-electron chi connectivity index (χ0n) is 7.13. The van der Waals surface area contributed by atoms with Crippen LogP contribution in [0.1, 0.15) is 0 Å².